The molecule has 0 spiro atoms. The van der Waals surface area contributed by atoms with E-state index in [2.05, 4.69) is 61.2 Å². The van der Waals surface area contributed by atoms with Gasteiger partial charge in [-0.2, -0.15) is 0 Å². The molecule has 0 fully saturated rings. The molecule has 2 aromatic carbocycles. The molecule has 0 bridgehead atoms. The van der Waals surface area contributed by atoms with E-state index in [9.17, 15) is 0 Å². The number of rotatable bonds is 4. The number of benzene rings is 2. The number of allylic oxidation sites excluding steroid dienone is 2. The van der Waals surface area contributed by atoms with Crippen molar-refractivity contribution in [1.82, 2.24) is 0 Å². The molecule has 2 nitrogen and oxygen atoms in total. The minimum atomic E-state index is -0.453. The van der Waals surface area contributed by atoms with Gasteiger partial charge in [0.15, 0.2) is 0 Å². The summed E-state index contributed by atoms with van der Waals surface area (Å²) >= 11 is 0. The second-order valence-electron chi connectivity index (χ2n) is 6.25. The summed E-state index contributed by atoms with van der Waals surface area (Å²) in [7, 11) is 1.70. The molecule has 0 aliphatic heterocycles. The lowest BCUT2D eigenvalue weighted by atomic mass is 9.64. The van der Waals surface area contributed by atoms with Crippen molar-refractivity contribution in [2.75, 3.05) is 7.11 Å². The average molecular weight is 328 g/mol. The molecule has 0 unspecified atom stereocenters. The van der Waals surface area contributed by atoms with Crippen LogP contribution in [0.2, 0.25) is 0 Å². The van der Waals surface area contributed by atoms with E-state index in [1.165, 1.54) is 11.1 Å². The van der Waals surface area contributed by atoms with E-state index in [4.69, 9.17) is 9.15 Å². The van der Waals surface area contributed by atoms with Crippen LogP contribution in [-0.2, 0) is 10.2 Å². The van der Waals surface area contributed by atoms with Crippen molar-refractivity contribution in [3.05, 3.63) is 120 Å². The van der Waals surface area contributed by atoms with Gasteiger partial charge in [-0.1, -0.05) is 67.2 Å². The topological polar surface area (TPSA) is 22.4 Å². The fraction of sp³-hybridized carbons (Fsp3) is 0.130. The Balaban J connectivity index is 2.04. The summed E-state index contributed by atoms with van der Waals surface area (Å²) in [5, 5.41) is 0. The van der Waals surface area contributed by atoms with Crippen LogP contribution in [0.25, 0.3) is 0 Å². The maximum absolute atomic E-state index is 5.82. The van der Waals surface area contributed by atoms with Crippen LogP contribution in [0.4, 0.5) is 0 Å². The van der Waals surface area contributed by atoms with E-state index in [0.29, 0.717) is 0 Å². The second-order valence-corrected chi connectivity index (χ2v) is 6.25. The molecule has 1 aromatic heterocycles. The monoisotopic (exact) mass is 328 g/mol. The van der Waals surface area contributed by atoms with E-state index in [1.54, 1.807) is 13.4 Å². The molecular weight excluding hydrogens is 308 g/mol. The molecule has 0 amide bonds. The van der Waals surface area contributed by atoms with E-state index in [-0.39, 0.29) is 5.92 Å². The largest absolute Gasteiger partial charge is 0.497 e. The third-order valence-corrected chi connectivity index (χ3v) is 5.09. The van der Waals surface area contributed by atoms with Gasteiger partial charge in [0.1, 0.15) is 11.5 Å². The number of methoxy groups -OCH3 is 1. The van der Waals surface area contributed by atoms with Crippen molar-refractivity contribution >= 4 is 0 Å². The van der Waals surface area contributed by atoms with Crippen LogP contribution in [0.15, 0.2) is 107 Å². The van der Waals surface area contributed by atoms with Gasteiger partial charge in [-0.25, -0.2) is 0 Å². The Labute approximate surface area is 148 Å². The van der Waals surface area contributed by atoms with Gasteiger partial charge in [0.25, 0.3) is 0 Å². The number of hydrogen-bond donors (Lipinski definition) is 0. The minimum absolute atomic E-state index is 0.0188. The summed E-state index contributed by atoms with van der Waals surface area (Å²) < 4.78 is 11.5. The molecule has 25 heavy (non-hydrogen) atoms. The first-order valence-corrected chi connectivity index (χ1v) is 8.38. The summed E-state index contributed by atoms with van der Waals surface area (Å²) in [6.07, 6.45) is 3.85. The Hall–Kier alpha value is -3.00. The van der Waals surface area contributed by atoms with Gasteiger partial charge in [-0.15, -0.1) is 0 Å². The zero-order valence-corrected chi connectivity index (χ0v) is 14.2. The smallest absolute Gasteiger partial charge is 0.119 e. The summed E-state index contributed by atoms with van der Waals surface area (Å²) in [6.45, 7) is 4.44. The summed E-state index contributed by atoms with van der Waals surface area (Å²) in [6, 6.07) is 24.9. The summed E-state index contributed by atoms with van der Waals surface area (Å²) in [5.74, 6) is 1.70. The van der Waals surface area contributed by atoms with Gasteiger partial charge in [0.05, 0.1) is 24.7 Å². The van der Waals surface area contributed by atoms with Crippen molar-refractivity contribution in [3.8, 4) is 0 Å². The van der Waals surface area contributed by atoms with E-state index in [1.807, 2.05) is 24.3 Å². The lowest BCUT2D eigenvalue weighted by molar-refractivity contribution is 0.299. The Morgan fingerprint density at radius 1 is 0.880 bits per heavy atom. The molecule has 1 aliphatic rings. The summed E-state index contributed by atoms with van der Waals surface area (Å²) in [5.41, 5.74) is 2.85. The third kappa shape index (κ3) is 2.25. The first-order chi connectivity index (χ1) is 12.3. The molecule has 1 aliphatic carbocycles. The normalized spacial score (nSPS) is 18.8. The molecule has 1 atom stereocenters. The van der Waals surface area contributed by atoms with E-state index in [0.717, 1.165) is 17.1 Å². The maximum atomic E-state index is 5.82. The fourth-order valence-electron chi connectivity index (χ4n) is 3.99. The maximum Gasteiger partial charge on any atom is 0.119 e. The first-order valence-electron chi connectivity index (χ1n) is 8.38. The molecule has 0 saturated carbocycles. The lowest BCUT2D eigenvalue weighted by Gasteiger charge is -2.37. The predicted molar refractivity (Wildman–Crippen MR) is 99.3 cm³/mol. The standard InChI is InChI=1S/C23H20O2/c1-17-22(24-2)16-20(21-14-9-15-25-21)23(17,18-10-5-3-6-11-18)19-12-7-4-8-13-19/h3-16,20H,1H2,2H3/t20-/m0/s1. The SMILES string of the molecule is C=C1C(OC)=C[C@@H](c2ccco2)C1(c1ccccc1)c1ccccc1. The molecule has 1 heterocycles. The molecule has 4 rings (SSSR count). The Kier molecular flexibility index (Phi) is 3.81. The van der Waals surface area contributed by atoms with Crippen molar-refractivity contribution in [3.63, 3.8) is 0 Å². The highest BCUT2D eigenvalue weighted by molar-refractivity contribution is 5.62. The zero-order chi connectivity index (χ0) is 17.3. The van der Waals surface area contributed by atoms with Gasteiger partial charge >= 0.3 is 0 Å². The molecule has 2 heteroatoms. The number of ether oxygens (including phenoxy) is 1. The zero-order valence-electron chi connectivity index (χ0n) is 14.2. The third-order valence-electron chi connectivity index (χ3n) is 5.09. The van der Waals surface area contributed by atoms with Crippen LogP contribution in [0.5, 0.6) is 0 Å². The molecule has 0 N–H and O–H groups in total. The Morgan fingerprint density at radius 3 is 1.96 bits per heavy atom. The van der Waals surface area contributed by atoms with E-state index >= 15 is 0 Å². The molecular formula is C23H20O2. The molecule has 124 valence electrons. The number of hydrogen-bond acceptors (Lipinski definition) is 2. The fourth-order valence-corrected chi connectivity index (χ4v) is 3.99. The Morgan fingerprint density at radius 2 is 1.48 bits per heavy atom. The van der Waals surface area contributed by atoms with Crippen molar-refractivity contribution < 1.29 is 9.15 Å². The van der Waals surface area contributed by atoms with Crippen molar-refractivity contribution in [2.45, 2.75) is 11.3 Å². The van der Waals surface area contributed by atoms with Gasteiger partial charge in [0, 0.05) is 5.57 Å². The quantitative estimate of drug-likeness (QED) is 0.635. The molecule has 0 radical (unpaired) electrons. The van der Waals surface area contributed by atoms with E-state index < -0.39 is 5.41 Å². The lowest BCUT2D eigenvalue weighted by Crippen LogP contribution is -2.33. The van der Waals surface area contributed by atoms with Gasteiger partial charge in [-0.05, 0) is 29.3 Å². The Bertz CT molecular complexity index is 850. The van der Waals surface area contributed by atoms with Crippen molar-refractivity contribution in [1.29, 1.82) is 0 Å². The first kappa shape index (κ1) is 15.5. The molecule has 3 aromatic rings. The highest BCUT2D eigenvalue weighted by Crippen LogP contribution is 2.56. The average Bonchev–Trinajstić information content (AvgIpc) is 3.29. The van der Waals surface area contributed by atoms with Gasteiger partial charge in [-0.3, -0.25) is 0 Å². The van der Waals surface area contributed by atoms with Crippen molar-refractivity contribution in [2.24, 2.45) is 0 Å². The highest BCUT2D eigenvalue weighted by atomic mass is 16.5. The highest BCUT2D eigenvalue weighted by Gasteiger charge is 2.51. The summed E-state index contributed by atoms with van der Waals surface area (Å²) in [4.78, 5) is 0. The second kappa shape index (κ2) is 6.14. The van der Waals surface area contributed by atoms with Gasteiger partial charge in [0.2, 0.25) is 0 Å². The van der Waals surface area contributed by atoms with Crippen LogP contribution in [-0.4, -0.2) is 7.11 Å². The van der Waals surface area contributed by atoms with Crippen LogP contribution in [0.3, 0.4) is 0 Å². The minimum Gasteiger partial charge on any atom is -0.497 e. The van der Waals surface area contributed by atoms with Crippen LogP contribution in [0.1, 0.15) is 22.8 Å². The molecule has 0 saturated heterocycles. The van der Waals surface area contributed by atoms with Crippen LogP contribution in [0, 0.1) is 0 Å². The van der Waals surface area contributed by atoms with Crippen LogP contribution < -0.4 is 0 Å². The number of furan rings is 1. The van der Waals surface area contributed by atoms with Gasteiger partial charge < -0.3 is 9.15 Å². The van der Waals surface area contributed by atoms with Crippen LogP contribution >= 0.6 is 0 Å². The predicted octanol–water partition coefficient (Wildman–Crippen LogP) is 5.45.